The lowest BCUT2D eigenvalue weighted by molar-refractivity contribution is -0.164. The minimum atomic E-state index is -0.710. The molecule has 1 aromatic heterocycles. The van der Waals surface area contributed by atoms with Crippen LogP contribution in [0.2, 0.25) is 0 Å². The Balaban J connectivity index is 1.79. The molecule has 2 aliphatic heterocycles. The maximum Gasteiger partial charge on any atom is 0.348 e. The first-order valence-corrected chi connectivity index (χ1v) is 8.79. The molecule has 1 spiro atoms. The number of ether oxygens (including phenoxy) is 2. The molecular formula is C19H13ClF2N2O3. The van der Waals surface area contributed by atoms with Crippen LogP contribution in [0.25, 0.3) is 22.0 Å². The van der Waals surface area contributed by atoms with Crippen molar-refractivity contribution in [3.63, 3.8) is 0 Å². The lowest BCUT2D eigenvalue weighted by Gasteiger charge is -2.44. The first kappa shape index (κ1) is 16.6. The molecule has 2 unspecified atom stereocenters. The molecule has 0 bridgehead atoms. The van der Waals surface area contributed by atoms with Gasteiger partial charge in [-0.15, -0.1) is 0 Å². The number of hydrogen-bond donors (Lipinski definition) is 0. The van der Waals surface area contributed by atoms with Crippen molar-refractivity contribution in [1.82, 2.24) is 9.55 Å². The molecule has 5 nitrogen and oxygen atoms in total. The summed E-state index contributed by atoms with van der Waals surface area (Å²) >= 11 is 6.25. The van der Waals surface area contributed by atoms with Gasteiger partial charge in [-0.25, -0.2) is 18.6 Å². The summed E-state index contributed by atoms with van der Waals surface area (Å²) in [6.45, 7) is 0.835. The highest BCUT2D eigenvalue weighted by atomic mass is 35.5. The second-order valence-corrected chi connectivity index (χ2v) is 7.31. The van der Waals surface area contributed by atoms with E-state index in [9.17, 15) is 13.6 Å². The van der Waals surface area contributed by atoms with Crippen LogP contribution in [-0.2, 0) is 11.3 Å². The molecule has 0 radical (unpaired) electrons. The van der Waals surface area contributed by atoms with E-state index < -0.39 is 28.3 Å². The molecule has 0 aliphatic carbocycles. The van der Waals surface area contributed by atoms with Crippen LogP contribution in [0.4, 0.5) is 8.78 Å². The van der Waals surface area contributed by atoms with E-state index in [-0.39, 0.29) is 18.7 Å². The molecule has 1 fully saturated rings. The smallest absolute Gasteiger partial charge is 0.348 e. The molecule has 2 aliphatic rings. The average Bonchev–Trinajstić information content (AvgIpc) is 2.85. The highest BCUT2D eigenvalue weighted by Gasteiger charge is 2.50. The highest BCUT2D eigenvalue weighted by molar-refractivity contribution is 6.20. The zero-order valence-corrected chi connectivity index (χ0v) is 14.7. The number of halogens is 3. The van der Waals surface area contributed by atoms with Gasteiger partial charge < -0.3 is 9.47 Å². The number of alkyl halides is 1. The largest absolute Gasteiger partial charge is 0.490 e. The molecule has 8 heteroatoms. The topological polar surface area (TPSA) is 53.4 Å². The van der Waals surface area contributed by atoms with Crippen LogP contribution in [0, 0.1) is 17.0 Å². The molecule has 2 atom stereocenters. The molecule has 27 heavy (non-hydrogen) atoms. The summed E-state index contributed by atoms with van der Waals surface area (Å²) < 4.78 is 40.6. The van der Waals surface area contributed by atoms with E-state index in [0.29, 0.717) is 28.8 Å². The molecule has 3 heterocycles. The molecule has 138 valence electrons. The van der Waals surface area contributed by atoms with E-state index in [1.165, 1.54) is 22.9 Å². The SMILES string of the molecule is O=c1ncc2ccc(-c3ccc(F)cc3F)c3c2n1CC1(CO3)COC1Cl. The third-order valence-corrected chi connectivity index (χ3v) is 5.76. The predicted octanol–water partition coefficient (Wildman–Crippen LogP) is 3.32. The molecule has 2 aromatic carbocycles. The molecule has 3 aromatic rings. The van der Waals surface area contributed by atoms with E-state index in [1.807, 2.05) is 0 Å². The minimum Gasteiger partial charge on any atom is -0.490 e. The van der Waals surface area contributed by atoms with Crippen molar-refractivity contribution in [2.75, 3.05) is 13.2 Å². The van der Waals surface area contributed by atoms with E-state index in [4.69, 9.17) is 21.1 Å². The Morgan fingerprint density at radius 2 is 2.00 bits per heavy atom. The third-order valence-electron chi connectivity index (χ3n) is 5.17. The van der Waals surface area contributed by atoms with Crippen molar-refractivity contribution in [1.29, 1.82) is 0 Å². The number of hydrogen-bond acceptors (Lipinski definition) is 4. The van der Waals surface area contributed by atoms with Crippen molar-refractivity contribution in [3.05, 3.63) is 58.6 Å². The third kappa shape index (κ3) is 2.38. The molecule has 5 rings (SSSR count). The van der Waals surface area contributed by atoms with Gasteiger partial charge in [0.1, 0.15) is 23.8 Å². The average molecular weight is 391 g/mol. The summed E-state index contributed by atoms with van der Waals surface area (Å²) in [4.78, 5) is 16.4. The Hall–Kier alpha value is -2.51. The molecule has 0 amide bonds. The van der Waals surface area contributed by atoms with Gasteiger partial charge >= 0.3 is 5.69 Å². The summed E-state index contributed by atoms with van der Waals surface area (Å²) in [5.74, 6) is -1.02. The zero-order chi connectivity index (χ0) is 18.8. The van der Waals surface area contributed by atoms with Gasteiger partial charge in [0.25, 0.3) is 0 Å². The fourth-order valence-corrected chi connectivity index (χ4v) is 3.91. The summed E-state index contributed by atoms with van der Waals surface area (Å²) in [5.41, 5.74) is -0.473. The van der Waals surface area contributed by atoms with Gasteiger partial charge in [0.2, 0.25) is 0 Å². The van der Waals surface area contributed by atoms with Gasteiger partial charge in [0.15, 0.2) is 5.75 Å². The quantitative estimate of drug-likeness (QED) is 0.598. The Morgan fingerprint density at radius 3 is 2.70 bits per heavy atom. The predicted molar refractivity (Wildman–Crippen MR) is 94.9 cm³/mol. The summed E-state index contributed by atoms with van der Waals surface area (Å²) in [6.07, 6.45) is 1.46. The second kappa shape index (κ2) is 5.74. The van der Waals surface area contributed by atoms with Gasteiger partial charge in [-0.3, -0.25) is 4.57 Å². The van der Waals surface area contributed by atoms with Crippen LogP contribution in [-0.4, -0.2) is 28.3 Å². The molecule has 0 saturated carbocycles. The normalized spacial score (nSPS) is 23.7. The van der Waals surface area contributed by atoms with Crippen molar-refractivity contribution >= 4 is 22.5 Å². The van der Waals surface area contributed by atoms with Crippen molar-refractivity contribution < 1.29 is 18.3 Å². The molecule has 1 saturated heterocycles. The Morgan fingerprint density at radius 1 is 1.19 bits per heavy atom. The Labute approximate surface area is 157 Å². The number of nitrogens with zero attached hydrogens (tertiary/aromatic N) is 2. The first-order valence-electron chi connectivity index (χ1n) is 8.35. The molecule has 0 N–H and O–H groups in total. The lowest BCUT2D eigenvalue weighted by Crippen LogP contribution is -2.55. The molecular weight excluding hydrogens is 378 g/mol. The second-order valence-electron chi connectivity index (χ2n) is 6.91. The van der Waals surface area contributed by atoms with Crippen LogP contribution in [0.3, 0.4) is 0 Å². The fraction of sp³-hybridized carbons (Fsp3) is 0.263. The van der Waals surface area contributed by atoms with E-state index in [1.54, 1.807) is 12.1 Å². The Kier molecular flexibility index (Phi) is 3.54. The summed E-state index contributed by atoms with van der Waals surface area (Å²) in [6, 6.07) is 6.77. The van der Waals surface area contributed by atoms with Crippen LogP contribution < -0.4 is 10.4 Å². The maximum atomic E-state index is 14.4. The van der Waals surface area contributed by atoms with Gasteiger partial charge in [0.05, 0.1) is 17.5 Å². The van der Waals surface area contributed by atoms with Crippen molar-refractivity contribution in [3.8, 4) is 16.9 Å². The lowest BCUT2D eigenvalue weighted by atomic mass is 9.86. The Bertz CT molecular complexity index is 1150. The number of rotatable bonds is 1. The maximum absolute atomic E-state index is 14.4. The number of benzene rings is 2. The van der Waals surface area contributed by atoms with Gasteiger partial charge in [-0.1, -0.05) is 17.7 Å². The van der Waals surface area contributed by atoms with Crippen LogP contribution in [0.5, 0.6) is 5.75 Å². The van der Waals surface area contributed by atoms with E-state index in [2.05, 4.69) is 4.98 Å². The zero-order valence-electron chi connectivity index (χ0n) is 13.9. The summed E-state index contributed by atoms with van der Waals surface area (Å²) in [5, 5.41) is 0.680. The van der Waals surface area contributed by atoms with Crippen molar-refractivity contribution in [2.45, 2.75) is 12.1 Å². The summed E-state index contributed by atoms with van der Waals surface area (Å²) in [7, 11) is 0. The van der Waals surface area contributed by atoms with E-state index in [0.717, 1.165) is 6.07 Å². The van der Waals surface area contributed by atoms with E-state index >= 15 is 0 Å². The van der Waals surface area contributed by atoms with Gasteiger partial charge in [-0.2, -0.15) is 0 Å². The van der Waals surface area contributed by atoms with Crippen LogP contribution >= 0.6 is 11.6 Å². The van der Waals surface area contributed by atoms with Crippen LogP contribution in [0.1, 0.15) is 0 Å². The highest BCUT2D eigenvalue weighted by Crippen LogP contribution is 2.45. The van der Waals surface area contributed by atoms with Gasteiger partial charge in [0, 0.05) is 35.3 Å². The minimum absolute atomic E-state index is 0.187. The van der Waals surface area contributed by atoms with Crippen LogP contribution in [0.15, 0.2) is 41.3 Å². The van der Waals surface area contributed by atoms with Gasteiger partial charge in [-0.05, 0) is 18.2 Å². The fourth-order valence-electron chi connectivity index (χ4n) is 3.65. The van der Waals surface area contributed by atoms with Crippen molar-refractivity contribution in [2.24, 2.45) is 5.41 Å². The first-order chi connectivity index (χ1) is 13.0. The monoisotopic (exact) mass is 390 g/mol. The standard InChI is InChI=1S/C19H13ClF2N2O3/c20-17-19(9-27-17)7-24-15-10(6-23-18(24)25)1-3-13(16(15)26-8-19)12-4-2-11(21)5-14(12)22/h1-6,17H,7-9H2. The number of aromatic nitrogens is 2.